The van der Waals surface area contributed by atoms with Gasteiger partial charge in [-0.25, -0.2) is 4.79 Å². The van der Waals surface area contributed by atoms with E-state index < -0.39 is 24.1 Å². The summed E-state index contributed by atoms with van der Waals surface area (Å²) in [7, 11) is 1.53. The van der Waals surface area contributed by atoms with Crippen LogP contribution >= 0.6 is 12.4 Å². The number of ether oxygens (including phenoxy) is 3. The lowest BCUT2D eigenvalue weighted by Gasteiger charge is -2.33. The quantitative estimate of drug-likeness (QED) is 0.519. The van der Waals surface area contributed by atoms with Gasteiger partial charge in [-0.1, -0.05) is 26.8 Å². The van der Waals surface area contributed by atoms with Gasteiger partial charge in [-0.05, 0) is 47.4 Å². The number of methoxy groups -OCH3 is 1. The number of esters is 2. The van der Waals surface area contributed by atoms with Gasteiger partial charge in [0.25, 0.3) is 0 Å². The number of hydrogen-bond donors (Lipinski definition) is 2. The number of phenols is 1. The van der Waals surface area contributed by atoms with Gasteiger partial charge < -0.3 is 25.1 Å². The molecule has 30 heavy (non-hydrogen) atoms. The van der Waals surface area contributed by atoms with Gasteiger partial charge in [-0.3, -0.25) is 4.79 Å². The van der Waals surface area contributed by atoms with Crippen LogP contribution < -0.4 is 15.2 Å². The fourth-order valence-corrected chi connectivity index (χ4v) is 2.67. The number of aromatic hydroxyl groups is 1. The Balaban J connectivity index is 0.00000450. The zero-order valence-electron chi connectivity index (χ0n) is 17.7. The summed E-state index contributed by atoms with van der Waals surface area (Å²) in [5.41, 5.74) is 6.75. The number of halogens is 1. The van der Waals surface area contributed by atoms with Crippen molar-refractivity contribution < 1.29 is 28.9 Å². The molecule has 2 atom stereocenters. The molecular formula is C22H28ClNO6. The first-order valence-corrected chi connectivity index (χ1v) is 9.15. The Labute approximate surface area is 182 Å². The number of rotatable bonds is 6. The van der Waals surface area contributed by atoms with E-state index in [0.717, 1.165) is 0 Å². The second kappa shape index (κ2) is 10.3. The maximum atomic E-state index is 12.3. The van der Waals surface area contributed by atoms with Gasteiger partial charge in [0, 0.05) is 6.92 Å². The summed E-state index contributed by atoms with van der Waals surface area (Å²) < 4.78 is 15.7. The molecule has 7 nitrogen and oxygen atoms in total. The van der Waals surface area contributed by atoms with Gasteiger partial charge in [0.2, 0.25) is 0 Å². The molecule has 8 heteroatoms. The highest BCUT2D eigenvalue weighted by atomic mass is 35.5. The molecule has 0 spiro atoms. The largest absolute Gasteiger partial charge is 0.504 e. The highest BCUT2D eigenvalue weighted by Crippen LogP contribution is 2.36. The second-order valence-electron chi connectivity index (χ2n) is 7.77. The average molecular weight is 438 g/mol. The van der Waals surface area contributed by atoms with Crippen LogP contribution in [0.15, 0.2) is 42.5 Å². The summed E-state index contributed by atoms with van der Waals surface area (Å²) >= 11 is 0. The first-order valence-electron chi connectivity index (χ1n) is 9.15. The molecule has 2 aromatic rings. The molecule has 0 aromatic heterocycles. The third kappa shape index (κ3) is 6.37. The number of carbonyl (C=O) groups is 2. The van der Waals surface area contributed by atoms with E-state index in [1.54, 1.807) is 30.3 Å². The molecule has 0 aliphatic heterocycles. The maximum absolute atomic E-state index is 12.3. The summed E-state index contributed by atoms with van der Waals surface area (Å²) in [4.78, 5) is 23.8. The van der Waals surface area contributed by atoms with Gasteiger partial charge in [0.1, 0.15) is 11.9 Å². The van der Waals surface area contributed by atoms with Crippen molar-refractivity contribution in [3.8, 4) is 17.2 Å². The Hall–Kier alpha value is -2.77. The summed E-state index contributed by atoms with van der Waals surface area (Å²) in [6, 6.07) is 10.3. The lowest BCUT2D eigenvalue weighted by molar-refractivity contribution is -0.149. The van der Waals surface area contributed by atoms with Gasteiger partial charge in [-0.15, -0.1) is 12.4 Å². The minimum Gasteiger partial charge on any atom is -0.504 e. The van der Waals surface area contributed by atoms with Crippen molar-refractivity contribution in [2.24, 2.45) is 11.1 Å². The van der Waals surface area contributed by atoms with Crippen molar-refractivity contribution in [1.29, 1.82) is 0 Å². The van der Waals surface area contributed by atoms with Crippen LogP contribution in [0.25, 0.3) is 0 Å². The van der Waals surface area contributed by atoms with E-state index in [2.05, 4.69) is 0 Å². The van der Waals surface area contributed by atoms with Crippen LogP contribution in [0.5, 0.6) is 17.2 Å². The summed E-state index contributed by atoms with van der Waals surface area (Å²) in [6.45, 7) is 7.09. The van der Waals surface area contributed by atoms with Crippen LogP contribution in [0.3, 0.4) is 0 Å². The molecule has 0 heterocycles. The van der Waals surface area contributed by atoms with E-state index in [0.29, 0.717) is 16.9 Å². The fourth-order valence-electron chi connectivity index (χ4n) is 2.67. The SMILES string of the molecule is COc1ccc(C(=O)Oc2ccc(C(OC(C)=O)C(N)C(C)(C)C)cc2O)cc1.Cl. The van der Waals surface area contributed by atoms with Crippen LogP contribution in [0, 0.1) is 5.41 Å². The monoisotopic (exact) mass is 437 g/mol. The molecule has 0 aliphatic carbocycles. The van der Waals surface area contributed by atoms with Gasteiger partial charge >= 0.3 is 11.9 Å². The van der Waals surface area contributed by atoms with Gasteiger partial charge in [-0.2, -0.15) is 0 Å². The number of carbonyl (C=O) groups excluding carboxylic acids is 2. The van der Waals surface area contributed by atoms with E-state index in [9.17, 15) is 14.7 Å². The molecule has 0 saturated carbocycles. The Morgan fingerprint density at radius 1 is 1.07 bits per heavy atom. The van der Waals surface area contributed by atoms with Crippen molar-refractivity contribution in [3.63, 3.8) is 0 Å². The van der Waals surface area contributed by atoms with E-state index >= 15 is 0 Å². The number of nitrogens with two attached hydrogens (primary N) is 1. The van der Waals surface area contributed by atoms with Crippen LogP contribution in [-0.4, -0.2) is 30.2 Å². The van der Waals surface area contributed by atoms with E-state index in [4.69, 9.17) is 19.9 Å². The third-order valence-electron chi connectivity index (χ3n) is 4.46. The van der Waals surface area contributed by atoms with Gasteiger partial charge in [0.15, 0.2) is 11.5 Å². The summed E-state index contributed by atoms with van der Waals surface area (Å²) in [5, 5.41) is 10.4. The predicted molar refractivity (Wildman–Crippen MR) is 115 cm³/mol. The minimum atomic E-state index is -0.760. The number of phenolic OH excluding ortho intramolecular Hbond substituents is 1. The Bertz CT molecular complexity index is 876. The molecule has 0 aliphatic rings. The van der Waals surface area contributed by atoms with Crippen molar-refractivity contribution in [2.75, 3.05) is 7.11 Å². The summed E-state index contributed by atoms with van der Waals surface area (Å²) in [6.07, 6.45) is -0.760. The van der Waals surface area contributed by atoms with Crippen LogP contribution in [-0.2, 0) is 9.53 Å². The van der Waals surface area contributed by atoms with E-state index in [-0.39, 0.29) is 29.3 Å². The van der Waals surface area contributed by atoms with Crippen LogP contribution in [0.1, 0.15) is 49.7 Å². The van der Waals surface area contributed by atoms with Crippen molar-refractivity contribution in [3.05, 3.63) is 53.6 Å². The highest BCUT2D eigenvalue weighted by molar-refractivity contribution is 5.91. The molecule has 0 fully saturated rings. The molecule has 3 N–H and O–H groups in total. The van der Waals surface area contributed by atoms with Crippen LogP contribution in [0.2, 0.25) is 0 Å². The standard InChI is InChI=1S/C22H27NO6.ClH/c1-13(24)28-19(20(23)22(2,3)4)15-8-11-18(17(25)12-15)29-21(26)14-6-9-16(27-5)10-7-14;/h6-12,19-20,25H,23H2,1-5H3;1H. The predicted octanol–water partition coefficient (Wildman–Crippen LogP) is 4.02. The minimum absolute atomic E-state index is 0. The van der Waals surface area contributed by atoms with Crippen molar-refractivity contribution in [2.45, 2.75) is 39.8 Å². The molecule has 164 valence electrons. The zero-order chi connectivity index (χ0) is 21.8. The lowest BCUT2D eigenvalue weighted by atomic mass is 9.81. The summed E-state index contributed by atoms with van der Waals surface area (Å²) in [5.74, 6) is -0.772. The first-order chi connectivity index (χ1) is 13.5. The van der Waals surface area contributed by atoms with Crippen LogP contribution in [0.4, 0.5) is 0 Å². The molecule has 0 radical (unpaired) electrons. The molecule has 2 unspecified atom stereocenters. The highest BCUT2D eigenvalue weighted by Gasteiger charge is 2.33. The Morgan fingerprint density at radius 2 is 1.67 bits per heavy atom. The zero-order valence-corrected chi connectivity index (χ0v) is 18.5. The third-order valence-corrected chi connectivity index (χ3v) is 4.46. The van der Waals surface area contributed by atoms with E-state index in [1.807, 2.05) is 20.8 Å². The molecule has 0 saturated heterocycles. The van der Waals surface area contributed by atoms with Crippen molar-refractivity contribution >= 4 is 24.3 Å². The maximum Gasteiger partial charge on any atom is 0.343 e. The second-order valence-corrected chi connectivity index (χ2v) is 7.77. The number of hydrogen-bond acceptors (Lipinski definition) is 7. The average Bonchev–Trinajstić information content (AvgIpc) is 2.66. The normalized spacial score (nSPS) is 12.9. The molecule has 0 bridgehead atoms. The Morgan fingerprint density at radius 3 is 2.13 bits per heavy atom. The van der Waals surface area contributed by atoms with Gasteiger partial charge in [0.05, 0.1) is 18.7 Å². The lowest BCUT2D eigenvalue weighted by Crippen LogP contribution is -2.42. The fraction of sp³-hybridized carbons (Fsp3) is 0.364. The van der Waals surface area contributed by atoms with E-state index in [1.165, 1.54) is 26.2 Å². The first kappa shape index (κ1) is 25.3. The molecule has 2 aromatic carbocycles. The Kier molecular flexibility index (Phi) is 8.69. The smallest absolute Gasteiger partial charge is 0.343 e. The van der Waals surface area contributed by atoms with Crippen molar-refractivity contribution in [1.82, 2.24) is 0 Å². The molecule has 2 rings (SSSR count). The number of benzene rings is 2. The topological polar surface area (TPSA) is 108 Å². The molecular weight excluding hydrogens is 410 g/mol. The molecule has 0 amide bonds.